The third-order valence-electron chi connectivity index (χ3n) is 5.81. The van der Waals surface area contributed by atoms with Gasteiger partial charge in [-0.25, -0.2) is 19.2 Å². The van der Waals surface area contributed by atoms with Crippen LogP contribution in [0.5, 0.6) is 0 Å². The number of pyridine rings is 2. The molecule has 6 nitrogen and oxygen atoms in total. The minimum Gasteiger partial charge on any atom is -0.377 e. The molecule has 1 unspecified atom stereocenters. The van der Waals surface area contributed by atoms with Gasteiger partial charge in [0.15, 0.2) is 11.6 Å². The molecule has 0 amide bonds. The third-order valence-corrected chi connectivity index (χ3v) is 5.81. The number of benzene rings is 1. The van der Waals surface area contributed by atoms with Crippen LogP contribution in [-0.2, 0) is 4.74 Å². The number of hydrogen-bond acceptors (Lipinski definition) is 6. The zero-order chi connectivity index (χ0) is 20.7. The number of rotatable bonds is 3. The summed E-state index contributed by atoms with van der Waals surface area (Å²) in [5.74, 6) is -1.00. The van der Waals surface area contributed by atoms with Crippen LogP contribution in [0.25, 0.3) is 22.0 Å². The Bertz CT molecular complexity index is 1090. The van der Waals surface area contributed by atoms with Gasteiger partial charge in [0, 0.05) is 30.2 Å². The summed E-state index contributed by atoms with van der Waals surface area (Å²) in [6, 6.07) is 8.07. The summed E-state index contributed by atoms with van der Waals surface area (Å²) in [7, 11) is 0. The number of nitrogens with zero attached hydrogens (tertiary/aromatic N) is 3. The lowest BCUT2D eigenvalue weighted by Gasteiger charge is -2.34. The van der Waals surface area contributed by atoms with E-state index in [4.69, 9.17) is 9.72 Å². The maximum Gasteiger partial charge on any atom is 0.166 e. The molecule has 0 aliphatic carbocycles. The Balaban J connectivity index is 1.77. The molecule has 0 radical (unpaired) electrons. The van der Waals surface area contributed by atoms with Crippen LogP contribution in [0.15, 0.2) is 36.5 Å². The molecule has 5 rings (SSSR count). The van der Waals surface area contributed by atoms with Crippen molar-refractivity contribution < 1.29 is 13.5 Å². The Morgan fingerprint density at radius 3 is 2.90 bits per heavy atom. The molecule has 2 saturated heterocycles. The second-order valence-corrected chi connectivity index (χ2v) is 7.75. The van der Waals surface area contributed by atoms with E-state index in [0.29, 0.717) is 30.8 Å². The minimum absolute atomic E-state index is 0.00349. The summed E-state index contributed by atoms with van der Waals surface area (Å²) in [4.78, 5) is 11.7. The molecule has 2 N–H and O–H groups in total. The van der Waals surface area contributed by atoms with Crippen molar-refractivity contribution in [3.05, 3.63) is 53.9 Å². The van der Waals surface area contributed by atoms with E-state index >= 15 is 0 Å². The predicted molar refractivity (Wildman–Crippen MR) is 111 cm³/mol. The first-order chi connectivity index (χ1) is 14.6. The first-order valence-electron chi connectivity index (χ1n) is 10.2. The highest BCUT2D eigenvalue weighted by Crippen LogP contribution is 2.36. The van der Waals surface area contributed by atoms with E-state index < -0.39 is 11.6 Å². The average Bonchev–Trinajstić information content (AvgIpc) is 3.30. The Morgan fingerprint density at radius 2 is 2.10 bits per heavy atom. The molecular formula is C22H23F2N5O. The second kappa shape index (κ2) is 7.86. The molecule has 30 heavy (non-hydrogen) atoms. The quantitative estimate of drug-likeness (QED) is 0.689. The van der Waals surface area contributed by atoms with E-state index in [1.807, 2.05) is 12.1 Å². The van der Waals surface area contributed by atoms with Gasteiger partial charge in [0.1, 0.15) is 5.82 Å². The van der Waals surface area contributed by atoms with Crippen LogP contribution >= 0.6 is 0 Å². The monoisotopic (exact) mass is 411 g/mol. The normalized spacial score (nSPS) is 22.0. The summed E-state index contributed by atoms with van der Waals surface area (Å²) in [5.41, 5.74) is 8.70. The lowest BCUT2D eigenvalue weighted by molar-refractivity contribution is 0.0986. The number of halogens is 2. The molecule has 3 aromatic rings. The number of aromatic nitrogens is 2. The molecule has 2 aromatic heterocycles. The van der Waals surface area contributed by atoms with Gasteiger partial charge in [-0.15, -0.1) is 0 Å². The highest BCUT2D eigenvalue weighted by molar-refractivity contribution is 5.97. The predicted octanol–water partition coefficient (Wildman–Crippen LogP) is 3.34. The fraction of sp³-hybridized carbons (Fsp3) is 0.364. The van der Waals surface area contributed by atoms with Crippen LogP contribution in [0.2, 0.25) is 0 Å². The Labute approximate surface area is 173 Å². The van der Waals surface area contributed by atoms with Crippen molar-refractivity contribution in [2.24, 2.45) is 0 Å². The van der Waals surface area contributed by atoms with Gasteiger partial charge in [-0.2, -0.15) is 0 Å². The van der Waals surface area contributed by atoms with Crippen LogP contribution in [0.4, 0.5) is 14.6 Å². The fourth-order valence-electron chi connectivity index (χ4n) is 4.25. The maximum atomic E-state index is 14.8. The van der Waals surface area contributed by atoms with Gasteiger partial charge in [-0.05, 0) is 37.1 Å². The molecule has 0 spiro atoms. The summed E-state index contributed by atoms with van der Waals surface area (Å²) >= 11 is 0. The lowest BCUT2D eigenvalue weighted by Crippen LogP contribution is -2.44. The summed E-state index contributed by atoms with van der Waals surface area (Å²) in [5, 5.41) is 0.753. The largest absolute Gasteiger partial charge is 0.377 e. The zero-order valence-corrected chi connectivity index (χ0v) is 16.7. The molecule has 156 valence electrons. The number of anilines is 1. The average molecular weight is 411 g/mol. The van der Waals surface area contributed by atoms with Crippen LogP contribution in [0.3, 0.4) is 0 Å². The van der Waals surface area contributed by atoms with Gasteiger partial charge in [-0.1, -0.05) is 12.1 Å². The maximum absolute atomic E-state index is 14.8. The molecule has 4 heterocycles. The molecule has 0 bridgehead atoms. The van der Waals surface area contributed by atoms with Gasteiger partial charge in [0.05, 0.1) is 36.5 Å². The van der Waals surface area contributed by atoms with Crippen LogP contribution in [-0.4, -0.2) is 42.3 Å². The first kappa shape index (κ1) is 19.3. The van der Waals surface area contributed by atoms with Crippen LogP contribution in [0, 0.1) is 11.6 Å². The summed E-state index contributed by atoms with van der Waals surface area (Å²) < 4.78 is 34.4. The zero-order valence-electron chi connectivity index (χ0n) is 16.7. The summed E-state index contributed by atoms with van der Waals surface area (Å²) in [6.45, 7) is 4.77. The minimum atomic E-state index is -0.866. The molecule has 8 heteroatoms. The van der Waals surface area contributed by atoms with Crippen LogP contribution < -0.4 is 15.8 Å². The van der Waals surface area contributed by atoms with Crippen molar-refractivity contribution in [3.63, 3.8) is 0 Å². The number of hydrogen-bond donors (Lipinski definition) is 2. The number of ether oxygens (including phenoxy) is 1. The number of morpholine rings is 1. The van der Waals surface area contributed by atoms with Crippen molar-refractivity contribution in [3.8, 4) is 11.1 Å². The van der Waals surface area contributed by atoms with E-state index in [-0.39, 0.29) is 17.6 Å². The Kier molecular flexibility index (Phi) is 5.06. The van der Waals surface area contributed by atoms with Crippen LogP contribution in [0.1, 0.15) is 25.1 Å². The van der Waals surface area contributed by atoms with Crippen molar-refractivity contribution in [1.82, 2.24) is 20.8 Å². The molecule has 2 fully saturated rings. The van der Waals surface area contributed by atoms with E-state index in [9.17, 15) is 8.78 Å². The van der Waals surface area contributed by atoms with E-state index in [1.165, 1.54) is 6.07 Å². The molecule has 2 aliphatic heterocycles. The standard InChI is InChI=1S/C22H23F2N5O/c1-13-12-30-10-9-29(13)19-11-16(14-3-2-4-17(23)20(14)24)15-5-7-25-22(21(15)27-19)18-6-8-26-28-18/h2-5,7,11,13,18,26,28H,6,8-10,12H2,1H3/t13-,18?/m1/s1. The van der Waals surface area contributed by atoms with E-state index in [2.05, 4.69) is 27.7 Å². The first-order valence-corrected chi connectivity index (χ1v) is 10.2. The van der Waals surface area contributed by atoms with Crippen molar-refractivity contribution >= 4 is 16.7 Å². The molecular weight excluding hydrogens is 388 g/mol. The number of hydrazine groups is 1. The van der Waals surface area contributed by atoms with Gasteiger partial charge < -0.3 is 9.64 Å². The highest BCUT2D eigenvalue weighted by Gasteiger charge is 2.26. The Morgan fingerprint density at radius 1 is 1.20 bits per heavy atom. The lowest BCUT2D eigenvalue weighted by atomic mass is 9.98. The molecule has 1 aromatic carbocycles. The topological polar surface area (TPSA) is 62.3 Å². The fourth-order valence-corrected chi connectivity index (χ4v) is 4.25. The number of fused-ring (bicyclic) bond motifs is 1. The van der Waals surface area contributed by atoms with Crippen molar-refractivity contribution in [2.75, 3.05) is 31.2 Å². The Hall–Kier alpha value is -2.68. The van der Waals surface area contributed by atoms with Crippen molar-refractivity contribution in [1.29, 1.82) is 0 Å². The van der Waals surface area contributed by atoms with Gasteiger partial charge in [-0.3, -0.25) is 10.4 Å². The van der Waals surface area contributed by atoms with Gasteiger partial charge >= 0.3 is 0 Å². The van der Waals surface area contributed by atoms with Gasteiger partial charge in [0.25, 0.3) is 0 Å². The van der Waals surface area contributed by atoms with E-state index in [1.54, 1.807) is 12.3 Å². The highest BCUT2D eigenvalue weighted by atomic mass is 19.2. The van der Waals surface area contributed by atoms with E-state index in [0.717, 1.165) is 35.9 Å². The molecule has 2 aliphatic rings. The smallest absolute Gasteiger partial charge is 0.166 e. The molecule has 2 atom stereocenters. The number of nitrogens with one attached hydrogen (secondary N) is 2. The SMILES string of the molecule is C[C@@H]1COCCN1c1cc(-c2cccc(F)c2F)c2ccnc(C3CCNN3)c2n1. The third kappa shape index (κ3) is 3.30. The molecule has 0 saturated carbocycles. The van der Waals surface area contributed by atoms with Gasteiger partial charge in [0.2, 0.25) is 0 Å². The van der Waals surface area contributed by atoms with Crippen molar-refractivity contribution in [2.45, 2.75) is 25.4 Å². The summed E-state index contributed by atoms with van der Waals surface area (Å²) in [6.07, 6.45) is 2.58. The second-order valence-electron chi connectivity index (χ2n) is 7.75.